The Morgan fingerprint density at radius 3 is 2.65 bits per heavy atom. The van der Waals surface area contributed by atoms with Crippen molar-refractivity contribution in [3.8, 4) is 0 Å². The highest BCUT2D eigenvalue weighted by Crippen LogP contribution is 2.66. The molecular formula is C28H40N2O2S2. The molecular weight excluding hydrogens is 460 g/mol. The Bertz CT molecular complexity index is 985. The molecule has 0 bridgehead atoms. The first-order chi connectivity index (χ1) is 16.3. The smallest absolute Gasteiger partial charge is 0.151 e. The molecule has 0 saturated heterocycles. The summed E-state index contributed by atoms with van der Waals surface area (Å²) in [6.45, 7) is 15.1. The Labute approximate surface area is 213 Å². The average molecular weight is 501 g/mol. The predicted octanol–water partition coefficient (Wildman–Crippen LogP) is 7.97. The number of nitrogens with zero attached hydrogens (tertiary/aromatic N) is 2. The number of nitroso groups, excluding NO2 is 1. The highest BCUT2D eigenvalue weighted by Gasteiger charge is 2.62. The molecule has 1 aromatic rings. The van der Waals surface area contributed by atoms with Gasteiger partial charge in [-0.05, 0) is 86.5 Å². The van der Waals surface area contributed by atoms with Crippen LogP contribution < -0.4 is 0 Å². The van der Waals surface area contributed by atoms with Crippen LogP contribution >= 0.6 is 23.1 Å². The molecule has 34 heavy (non-hydrogen) atoms. The molecule has 6 heteroatoms. The first kappa shape index (κ1) is 25.8. The van der Waals surface area contributed by atoms with E-state index in [-0.39, 0.29) is 22.8 Å². The Morgan fingerprint density at radius 2 is 2.06 bits per heavy atom. The summed E-state index contributed by atoms with van der Waals surface area (Å²) in [4.78, 5) is 31.7. The number of hydrogen-bond donors (Lipinski definition) is 0. The van der Waals surface area contributed by atoms with E-state index in [1.165, 1.54) is 10.5 Å². The summed E-state index contributed by atoms with van der Waals surface area (Å²) in [7, 11) is 0. The lowest BCUT2D eigenvalue weighted by Gasteiger charge is -2.58. The van der Waals surface area contributed by atoms with Gasteiger partial charge >= 0.3 is 0 Å². The Kier molecular flexibility index (Phi) is 7.59. The highest BCUT2D eigenvalue weighted by molar-refractivity contribution is 8.01. The Morgan fingerprint density at radius 1 is 1.29 bits per heavy atom. The minimum absolute atomic E-state index is 0.0238. The van der Waals surface area contributed by atoms with Crippen LogP contribution in [-0.2, 0) is 11.2 Å². The number of allylic oxidation sites excluding steroid dienone is 2. The topological polar surface area (TPSA) is 59.4 Å². The Hall–Kier alpha value is -1.27. The quantitative estimate of drug-likeness (QED) is 0.206. The third-order valence-corrected chi connectivity index (χ3v) is 12.2. The number of fused-ring (bicyclic) bond motifs is 3. The molecule has 1 heterocycles. The van der Waals surface area contributed by atoms with Crippen LogP contribution in [0.2, 0.25) is 0 Å². The van der Waals surface area contributed by atoms with Crippen molar-refractivity contribution in [2.45, 2.75) is 89.9 Å². The highest BCUT2D eigenvalue weighted by atomic mass is 32.2. The lowest BCUT2D eigenvalue weighted by Crippen LogP contribution is -2.55. The minimum atomic E-state index is -0.200. The summed E-state index contributed by atoms with van der Waals surface area (Å²) >= 11 is 3.25. The zero-order valence-corrected chi connectivity index (χ0v) is 23.1. The molecule has 0 aromatic carbocycles. The molecule has 0 amide bonds. The summed E-state index contributed by atoms with van der Waals surface area (Å²) in [5.74, 6) is 2.12. The minimum Gasteiger partial charge on any atom is -0.298 e. The first-order valence-electron chi connectivity index (χ1n) is 13.0. The van der Waals surface area contributed by atoms with Crippen LogP contribution in [0.15, 0.2) is 27.7 Å². The van der Waals surface area contributed by atoms with Crippen LogP contribution in [0.1, 0.15) is 83.7 Å². The van der Waals surface area contributed by atoms with Crippen molar-refractivity contribution in [2.75, 3.05) is 5.75 Å². The largest absolute Gasteiger partial charge is 0.298 e. The van der Waals surface area contributed by atoms with E-state index in [4.69, 9.17) is 0 Å². The van der Waals surface area contributed by atoms with Crippen molar-refractivity contribution in [3.05, 3.63) is 33.7 Å². The molecule has 7 atom stereocenters. The summed E-state index contributed by atoms with van der Waals surface area (Å²) < 4.78 is 0.959. The first-order valence-corrected chi connectivity index (χ1v) is 14.8. The van der Waals surface area contributed by atoms with Gasteiger partial charge in [0.05, 0.1) is 17.5 Å². The SMILES string of the molecule is C=Cc1nc(SCC(=O)C2CCC3C4CC/C(=C/C)C(C)(CC)C4[C@@H](N=O)CC23C)sc1CC. The van der Waals surface area contributed by atoms with Crippen molar-refractivity contribution in [1.82, 2.24) is 4.98 Å². The third kappa shape index (κ3) is 4.07. The van der Waals surface area contributed by atoms with Crippen molar-refractivity contribution < 1.29 is 4.79 Å². The van der Waals surface area contributed by atoms with Gasteiger partial charge in [-0.3, -0.25) is 4.79 Å². The van der Waals surface area contributed by atoms with Crippen molar-refractivity contribution in [2.24, 2.45) is 39.7 Å². The lowest BCUT2D eigenvalue weighted by molar-refractivity contribution is -0.128. The monoisotopic (exact) mass is 500 g/mol. The number of carbonyl (C=O) groups is 1. The lowest BCUT2D eigenvalue weighted by atomic mass is 9.46. The number of Topliss-reactive ketones (excluding diaryl/α,β-unsaturated/α-hetero) is 1. The molecule has 3 fully saturated rings. The van der Waals surface area contributed by atoms with Crippen LogP contribution in [0.3, 0.4) is 0 Å². The number of aromatic nitrogens is 1. The van der Waals surface area contributed by atoms with Gasteiger partial charge in [0.15, 0.2) is 4.34 Å². The fourth-order valence-electron chi connectivity index (χ4n) is 8.09. The molecule has 186 valence electrons. The standard InChI is InChI=1S/C28H40N2O2S2/c1-7-17-11-12-18-19-13-14-20(23(31)16-33-26-29-21(8-2)24(9-3)34-26)28(19,6)15-22(30-32)25(18)27(17,5)10-4/h7-8,18-20,22,25H,2,9-16H2,1,3-6H3/b17-7-/t18?,19?,20?,22-,25?,27?,28?/m0/s1. The molecule has 1 aromatic heterocycles. The second kappa shape index (κ2) is 10.0. The van der Waals surface area contributed by atoms with Gasteiger partial charge in [-0.1, -0.05) is 62.9 Å². The van der Waals surface area contributed by atoms with Crippen LogP contribution in [0, 0.1) is 39.4 Å². The number of aryl methyl sites for hydroxylation is 1. The van der Waals surface area contributed by atoms with Gasteiger partial charge in [0.25, 0.3) is 0 Å². The van der Waals surface area contributed by atoms with Crippen LogP contribution in [0.5, 0.6) is 0 Å². The molecule has 3 saturated carbocycles. The van der Waals surface area contributed by atoms with Gasteiger partial charge in [-0.2, -0.15) is 4.91 Å². The molecule has 3 aliphatic rings. The fourth-order valence-corrected chi connectivity index (χ4v) is 10.2. The van der Waals surface area contributed by atoms with Crippen molar-refractivity contribution in [1.29, 1.82) is 0 Å². The summed E-state index contributed by atoms with van der Waals surface area (Å²) in [6, 6.07) is -0.200. The van der Waals surface area contributed by atoms with Gasteiger partial charge < -0.3 is 0 Å². The van der Waals surface area contributed by atoms with Gasteiger partial charge in [-0.25, -0.2) is 4.98 Å². The van der Waals surface area contributed by atoms with E-state index in [0.717, 1.165) is 55.0 Å². The number of rotatable bonds is 8. The van der Waals surface area contributed by atoms with Crippen LogP contribution in [-0.4, -0.2) is 22.6 Å². The van der Waals surface area contributed by atoms with Gasteiger partial charge in [0.2, 0.25) is 0 Å². The van der Waals surface area contributed by atoms with Gasteiger partial charge in [-0.15, -0.1) is 11.3 Å². The van der Waals surface area contributed by atoms with E-state index >= 15 is 0 Å². The van der Waals surface area contributed by atoms with Crippen molar-refractivity contribution >= 4 is 35.0 Å². The van der Waals surface area contributed by atoms with E-state index in [0.29, 0.717) is 29.3 Å². The third-order valence-electron chi connectivity index (χ3n) is 9.83. The predicted molar refractivity (Wildman–Crippen MR) is 144 cm³/mol. The van der Waals surface area contributed by atoms with E-state index in [9.17, 15) is 9.70 Å². The molecule has 3 aliphatic carbocycles. The zero-order chi connectivity index (χ0) is 24.7. The molecule has 4 nitrogen and oxygen atoms in total. The number of hydrogen-bond acceptors (Lipinski definition) is 6. The van der Waals surface area contributed by atoms with Gasteiger partial charge in [0, 0.05) is 10.8 Å². The number of carbonyl (C=O) groups excluding carboxylic acids is 1. The summed E-state index contributed by atoms with van der Waals surface area (Å²) in [6.07, 6.45) is 11.1. The molecule has 4 rings (SSSR count). The number of ketones is 1. The second-order valence-electron chi connectivity index (χ2n) is 11.0. The molecule has 0 radical (unpaired) electrons. The summed E-state index contributed by atoms with van der Waals surface area (Å²) in [5.41, 5.74) is 2.37. The van der Waals surface area contributed by atoms with E-state index in [2.05, 4.69) is 57.4 Å². The molecule has 0 aliphatic heterocycles. The maximum absolute atomic E-state index is 13.6. The molecule has 6 unspecified atom stereocenters. The van der Waals surface area contributed by atoms with Crippen LogP contribution in [0.25, 0.3) is 6.08 Å². The maximum Gasteiger partial charge on any atom is 0.151 e. The van der Waals surface area contributed by atoms with E-state index < -0.39 is 0 Å². The zero-order valence-electron chi connectivity index (χ0n) is 21.4. The molecule has 0 N–H and O–H groups in total. The van der Waals surface area contributed by atoms with E-state index in [1.807, 2.05) is 6.08 Å². The van der Waals surface area contributed by atoms with E-state index in [1.54, 1.807) is 23.1 Å². The second-order valence-corrected chi connectivity index (χ2v) is 13.3. The number of thiazole rings is 1. The van der Waals surface area contributed by atoms with Gasteiger partial charge in [0.1, 0.15) is 5.78 Å². The Balaban J connectivity index is 1.55. The van der Waals surface area contributed by atoms with Crippen LogP contribution in [0.4, 0.5) is 0 Å². The fraction of sp³-hybridized carbons (Fsp3) is 0.714. The number of thioether (sulfide) groups is 1. The van der Waals surface area contributed by atoms with Crippen molar-refractivity contribution in [3.63, 3.8) is 0 Å². The molecule has 0 spiro atoms. The average Bonchev–Trinajstić information content (AvgIpc) is 3.42. The maximum atomic E-state index is 13.6. The summed E-state index contributed by atoms with van der Waals surface area (Å²) in [5, 5.41) is 3.76. The normalized spacial score (nSPS) is 38.4.